The Labute approximate surface area is 138 Å². The van der Waals surface area contributed by atoms with Gasteiger partial charge < -0.3 is 15.1 Å². The lowest BCUT2D eigenvalue weighted by Crippen LogP contribution is -2.55. The molecule has 24 heavy (non-hydrogen) atoms. The number of piperazine rings is 1. The van der Waals surface area contributed by atoms with Crippen LogP contribution in [0.2, 0.25) is 0 Å². The van der Waals surface area contributed by atoms with Gasteiger partial charge in [-0.15, -0.1) is 0 Å². The fraction of sp³-hybridized carbons (Fsp3) is 0.438. The number of hydrogen-bond donors (Lipinski definition) is 1. The van der Waals surface area contributed by atoms with E-state index in [1.165, 1.54) is 17.9 Å². The van der Waals surface area contributed by atoms with Crippen LogP contribution in [0.25, 0.3) is 0 Å². The molecule has 0 aromatic heterocycles. The molecule has 0 spiro atoms. The van der Waals surface area contributed by atoms with Crippen molar-refractivity contribution in [1.29, 1.82) is 0 Å². The summed E-state index contributed by atoms with van der Waals surface area (Å²) in [6.45, 7) is 4.15. The second-order valence-corrected chi connectivity index (χ2v) is 5.67. The summed E-state index contributed by atoms with van der Waals surface area (Å²) in [6, 6.07) is 2.39. The number of amides is 3. The minimum Gasteiger partial charge on any atom is -0.345 e. The predicted molar refractivity (Wildman–Crippen MR) is 82.1 cm³/mol. The molecule has 0 saturated carbocycles. The van der Waals surface area contributed by atoms with Crippen molar-refractivity contribution in [3.05, 3.63) is 35.4 Å². The molecule has 6 nitrogen and oxygen atoms in total. The molecule has 1 aliphatic rings. The van der Waals surface area contributed by atoms with E-state index in [4.69, 9.17) is 0 Å². The second kappa shape index (κ2) is 7.37. The third-order valence-corrected chi connectivity index (χ3v) is 3.84. The Hall–Kier alpha value is -2.51. The van der Waals surface area contributed by atoms with Crippen LogP contribution in [0.15, 0.2) is 18.2 Å². The van der Waals surface area contributed by atoms with E-state index in [2.05, 4.69) is 5.32 Å². The topological polar surface area (TPSA) is 69.7 Å². The summed E-state index contributed by atoms with van der Waals surface area (Å²) in [5.74, 6) is -2.99. The van der Waals surface area contributed by atoms with Gasteiger partial charge in [0.1, 0.15) is 6.04 Å². The Bertz CT molecular complexity index is 658. The number of benzene rings is 1. The van der Waals surface area contributed by atoms with Crippen LogP contribution in [0.4, 0.5) is 8.78 Å². The van der Waals surface area contributed by atoms with E-state index >= 15 is 0 Å². The van der Waals surface area contributed by atoms with Gasteiger partial charge in [0.2, 0.25) is 11.8 Å². The van der Waals surface area contributed by atoms with E-state index in [1.807, 2.05) is 0 Å². The summed E-state index contributed by atoms with van der Waals surface area (Å²) >= 11 is 0. The van der Waals surface area contributed by atoms with Gasteiger partial charge in [0.25, 0.3) is 5.91 Å². The number of carbonyl (C=O) groups excluding carboxylic acids is 3. The van der Waals surface area contributed by atoms with Crippen molar-refractivity contribution in [2.75, 3.05) is 26.2 Å². The zero-order chi connectivity index (χ0) is 17.9. The Balaban J connectivity index is 1.94. The SMILES string of the molecule is CC(=O)NC(C)C(=O)N1CCN(C(=O)c2ccc(F)c(F)c2)CC1. The number of rotatable bonds is 3. The van der Waals surface area contributed by atoms with Crippen LogP contribution in [-0.2, 0) is 9.59 Å². The Morgan fingerprint density at radius 3 is 2.17 bits per heavy atom. The molecular formula is C16H19F2N3O3. The zero-order valence-electron chi connectivity index (χ0n) is 13.5. The molecule has 2 rings (SSSR count). The van der Waals surface area contributed by atoms with Crippen LogP contribution in [-0.4, -0.2) is 59.7 Å². The summed E-state index contributed by atoms with van der Waals surface area (Å²) in [7, 11) is 0. The summed E-state index contributed by atoms with van der Waals surface area (Å²) in [5, 5.41) is 2.52. The van der Waals surface area contributed by atoms with Crippen LogP contribution in [0.3, 0.4) is 0 Å². The molecule has 8 heteroatoms. The Morgan fingerprint density at radius 1 is 1.04 bits per heavy atom. The molecule has 0 radical (unpaired) electrons. The number of halogens is 2. The van der Waals surface area contributed by atoms with Gasteiger partial charge in [0, 0.05) is 38.7 Å². The van der Waals surface area contributed by atoms with Crippen LogP contribution in [0, 0.1) is 11.6 Å². The molecule has 1 heterocycles. The smallest absolute Gasteiger partial charge is 0.254 e. The van der Waals surface area contributed by atoms with Gasteiger partial charge in [-0.25, -0.2) is 8.78 Å². The predicted octanol–water partition coefficient (Wildman–Crippen LogP) is 0.774. The first-order valence-corrected chi connectivity index (χ1v) is 7.60. The average Bonchev–Trinajstić information content (AvgIpc) is 2.55. The van der Waals surface area contributed by atoms with Gasteiger partial charge >= 0.3 is 0 Å². The molecule has 0 aliphatic carbocycles. The molecule has 130 valence electrons. The van der Waals surface area contributed by atoms with Gasteiger partial charge in [0.05, 0.1) is 0 Å². The van der Waals surface area contributed by atoms with E-state index in [-0.39, 0.29) is 30.5 Å². The van der Waals surface area contributed by atoms with Crippen molar-refractivity contribution < 1.29 is 23.2 Å². The van der Waals surface area contributed by atoms with Crippen LogP contribution < -0.4 is 5.32 Å². The first kappa shape index (κ1) is 17.8. The third-order valence-electron chi connectivity index (χ3n) is 3.84. The van der Waals surface area contributed by atoms with E-state index in [0.717, 1.165) is 12.1 Å². The normalized spacial score (nSPS) is 15.8. The van der Waals surface area contributed by atoms with E-state index < -0.39 is 23.6 Å². The van der Waals surface area contributed by atoms with Crippen molar-refractivity contribution in [1.82, 2.24) is 15.1 Å². The highest BCUT2D eigenvalue weighted by Crippen LogP contribution is 2.13. The molecule has 1 aliphatic heterocycles. The lowest BCUT2D eigenvalue weighted by atomic mass is 10.1. The van der Waals surface area contributed by atoms with Crippen LogP contribution in [0.1, 0.15) is 24.2 Å². The van der Waals surface area contributed by atoms with E-state index in [0.29, 0.717) is 13.1 Å². The Morgan fingerprint density at radius 2 is 1.62 bits per heavy atom. The summed E-state index contributed by atoms with van der Waals surface area (Å²) in [6.07, 6.45) is 0. The highest BCUT2D eigenvalue weighted by Gasteiger charge is 2.27. The monoisotopic (exact) mass is 339 g/mol. The van der Waals surface area contributed by atoms with E-state index in [9.17, 15) is 23.2 Å². The standard InChI is InChI=1S/C16H19F2N3O3/c1-10(19-11(2)22)15(23)20-5-7-21(8-6-20)16(24)12-3-4-13(17)14(18)9-12/h3-4,9-10H,5-8H2,1-2H3,(H,19,22). The quantitative estimate of drug-likeness (QED) is 0.885. The minimum absolute atomic E-state index is 0.0697. The summed E-state index contributed by atoms with van der Waals surface area (Å²) in [5.41, 5.74) is 0.0697. The molecule has 1 aromatic carbocycles. The van der Waals surface area contributed by atoms with Crippen molar-refractivity contribution in [3.63, 3.8) is 0 Å². The van der Waals surface area contributed by atoms with Gasteiger partial charge in [-0.05, 0) is 25.1 Å². The average molecular weight is 339 g/mol. The minimum atomic E-state index is -1.07. The fourth-order valence-electron chi connectivity index (χ4n) is 2.58. The second-order valence-electron chi connectivity index (χ2n) is 5.67. The number of hydrogen-bond acceptors (Lipinski definition) is 3. The lowest BCUT2D eigenvalue weighted by Gasteiger charge is -2.36. The molecule has 3 amide bonds. The van der Waals surface area contributed by atoms with Crippen molar-refractivity contribution in [2.45, 2.75) is 19.9 Å². The summed E-state index contributed by atoms with van der Waals surface area (Å²) in [4.78, 5) is 38.5. The number of carbonyl (C=O) groups is 3. The summed E-state index contributed by atoms with van der Waals surface area (Å²) < 4.78 is 26.2. The van der Waals surface area contributed by atoms with Crippen molar-refractivity contribution in [2.24, 2.45) is 0 Å². The lowest BCUT2D eigenvalue weighted by molar-refractivity contribution is -0.136. The number of nitrogens with one attached hydrogen (secondary N) is 1. The highest BCUT2D eigenvalue weighted by atomic mass is 19.2. The highest BCUT2D eigenvalue weighted by molar-refractivity contribution is 5.94. The number of nitrogens with zero attached hydrogens (tertiary/aromatic N) is 2. The molecule has 0 bridgehead atoms. The maximum Gasteiger partial charge on any atom is 0.254 e. The Kier molecular flexibility index (Phi) is 5.48. The molecule has 1 atom stereocenters. The molecular weight excluding hydrogens is 320 g/mol. The van der Waals surface area contributed by atoms with Crippen LogP contribution in [0.5, 0.6) is 0 Å². The first-order chi connectivity index (χ1) is 11.3. The van der Waals surface area contributed by atoms with Crippen molar-refractivity contribution >= 4 is 17.7 Å². The maximum atomic E-state index is 13.2. The molecule has 1 fully saturated rings. The van der Waals surface area contributed by atoms with Gasteiger partial charge in [-0.1, -0.05) is 0 Å². The van der Waals surface area contributed by atoms with Gasteiger partial charge in [-0.2, -0.15) is 0 Å². The fourth-order valence-corrected chi connectivity index (χ4v) is 2.58. The van der Waals surface area contributed by atoms with Crippen molar-refractivity contribution in [3.8, 4) is 0 Å². The molecule has 1 unspecified atom stereocenters. The molecule has 1 N–H and O–H groups in total. The van der Waals surface area contributed by atoms with Crippen LogP contribution >= 0.6 is 0 Å². The van der Waals surface area contributed by atoms with Gasteiger partial charge in [0.15, 0.2) is 11.6 Å². The maximum absolute atomic E-state index is 13.2. The third kappa shape index (κ3) is 4.06. The first-order valence-electron chi connectivity index (χ1n) is 7.60. The van der Waals surface area contributed by atoms with Gasteiger partial charge in [-0.3, -0.25) is 14.4 Å². The van der Waals surface area contributed by atoms with E-state index in [1.54, 1.807) is 11.8 Å². The molecule has 1 aromatic rings. The zero-order valence-corrected chi connectivity index (χ0v) is 13.5. The molecule has 1 saturated heterocycles. The largest absolute Gasteiger partial charge is 0.345 e.